The lowest BCUT2D eigenvalue weighted by Gasteiger charge is -2.08. The van der Waals surface area contributed by atoms with Gasteiger partial charge in [-0.2, -0.15) is 0 Å². The van der Waals surface area contributed by atoms with Crippen molar-refractivity contribution in [1.82, 2.24) is 4.98 Å². The quantitative estimate of drug-likeness (QED) is 0.504. The molecular weight excluding hydrogens is 218 g/mol. The average molecular weight is 240 g/mol. The zero-order valence-electron chi connectivity index (χ0n) is 10.4. The second kappa shape index (κ2) is 7.67. The van der Waals surface area contributed by atoms with Gasteiger partial charge in [-0.3, -0.25) is 4.98 Å². The minimum Gasteiger partial charge on any atom is -0.261 e. The minimum absolute atomic E-state index is 0.243. The molecule has 0 aliphatic heterocycles. The van der Waals surface area contributed by atoms with E-state index in [1.54, 1.807) is 0 Å². The molecule has 90 valence electrons. The first kappa shape index (κ1) is 13.5. The Kier molecular flexibility index (Phi) is 6.47. The van der Waals surface area contributed by atoms with Gasteiger partial charge in [0.25, 0.3) is 0 Å². The number of pyridine rings is 1. The van der Waals surface area contributed by atoms with E-state index in [1.807, 2.05) is 6.20 Å². The Morgan fingerprint density at radius 3 is 2.69 bits per heavy atom. The molecule has 0 radical (unpaired) electrons. The number of hydrogen-bond donors (Lipinski definition) is 0. The molecule has 0 saturated heterocycles. The third kappa shape index (κ3) is 5.50. The molecular formula is C14H22ClN. The third-order valence-electron chi connectivity index (χ3n) is 2.77. The predicted molar refractivity (Wildman–Crippen MR) is 71.1 cm³/mol. The van der Waals surface area contributed by atoms with E-state index in [1.165, 1.54) is 31.2 Å². The number of alkyl halides is 1. The van der Waals surface area contributed by atoms with Gasteiger partial charge in [0, 0.05) is 23.7 Å². The highest BCUT2D eigenvalue weighted by molar-refractivity contribution is 6.20. The Morgan fingerprint density at radius 2 is 2.06 bits per heavy atom. The topological polar surface area (TPSA) is 12.9 Å². The maximum atomic E-state index is 6.29. The van der Waals surface area contributed by atoms with E-state index < -0.39 is 0 Å². The maximum Gasteiger partial charge on any atom is 0.0418 e. The summed E-state index contributed by atoms with van der Waals surface area (Å²) in [5.41, 5.74) is 2.32. The fourth-order valence-corrected chi connectivity index (χ4v) is 2.05. The molecule has 0 bridgehead atoms. The van der Waals surface area contributed by atoms with Crippen LogP contribution in [0.4, 0.5) is 0 Å². The smallest absolute Gasteiger partial charge is 0.0418 e. The second-order valence-electron chi connectivity index (χ2n) is 4.48. The first-order valence-corrected chi connectivity index (χ1v) is 6.71. The molecule has 1 aromatic heterocycles. The Hall–Kier alpha value is -0.560. The molecule has 1 unspecified atom stereocenters. The average Bonchev–Trinajstić information content (AvgIpc) is 2.28. The normalized spacial score (nSPS) is 12.7. The van der Waals surface area contributed by atoms with Crippen LogP contribution in [0.2, 0.25) is 0 Å². The van der Waals surface area contributed by atoms with Gasteiger partial charge < -0.3 is 0 Å². The number of unbranched alkanes of at least 4 members (excludes halogenated alkanes) is 3. The van der Waals surface area contributed by atoms with E-state index in [9.17, 15) is 0 Å². The van der Waals surface area contributed by atoms with Crippen molar-refractivity contribution in [2.45, 2.75) is 57.7 Å². The fourth-order valence-electron chi connectivity index (χ4n) is 1.74. The fraction of sp³-hybridized carbons (Fsp3) is 0.643. The summed E-state index contributed by atoms with van der Waals surface area (Å²) < 4.78 is 0. The lowest BCUT2D eigenvalue weighted by molar-refractivity contribution is 0.609. The van der Waals surface area contributed by atoms with Gasteiger partial charge in [0.05, 0.1) is 0 Å². The third-order valence-corrected chi connectivity index (χ3v) is 3.15. The van der Waals surface area contributed by atoms with E-state index in [-0.39, 0.29) is 5.38 Å². The Labute approximate surface area is 104 Å². The van der Waals surface area contributed by atoms with Gasteiger partial charge in [-0.25, -0.2) is 0 Å². The van der Waals surface area contributed by atoms with Gasteiger partial charge >= 0.3 is 0 Å². The largest absolute Gasteiger partial charge is 0.261 e. The molecule has 0 fully saturated rings. The highest BCUT2D eigenvalue weighted by Crippen LogP contribution is 2.14. The first-order valence-electron chi connectivity index (χ1n) is 6.28. The maximum absolute atomic E-state index is 6.29. The molecule has 1 aromatic rings. The van der Waals surface area contributed by atoms with E-state index >= 15 is 0 Å². The summed E-state index contributed by atoms with van der Waals surface area (Å²) in [6.07, 6.45) is 9.08. The highest BCUT2D eigenvalue weighted by Gasteiger charge is 2.06. The molecule has 0 saturated carbocycles. The van der Waals surface area contributed by atoms with Crippen molar-refractivity contribution >= 4 is 11.6 Å². The summed E-state index contributed by atoms with van der Waals surface area (Å²) in [5.74, 6) is 0. The molecule has 0 aliphatic rings. The van der Waals surface area contributed by atoms with Crippen LogP contribution in [0.1, 0.15) is 50.3 Å². The molecule has 1 heterocycles. The minimum atomic E-state index is 0.243. The highest BCUT2D eigenvalue weighted by atomic mass is 35.5. The van der Waals surface area contributed by atoms with Crippen molar-refractivity contribution in [2.24, 2.45) is 0 Å². The number of halogens is 1. The van der Waals surface area contributed by atoms with Crippen LogP contribution in [-0.4, -0.2) is 10.4 Å². The van der Waals surface area contributed by atoms with Crippen LogP contribution in [0, 0.1) is 6.92 Å². The lowest BCUT2D eigenvalue weighted by Crippen LogP contribution is -2.04. The van der Waals surface area contributed by atoms with E-state index in [4.69, 9.17) is 11.6 Å². The van der Waals surface area contributed by atoms with Crippen molar-refractivity contribution in [1.29, 1.82) is 0 Å². The molecule has 1 atom stereocenters. The lowest BCUT2D eigenvalue weighted by atomic mass is 10.1. The standard InChI is InChI=1S/C14H22ClN/c1-3-4-5-6-7-13(15)10-14-9-8-12(2)11-16-14/h8-9,11,13H,3-7,10H2,1-2H3. The van der Waals surface area contributed by atoms with Crippen molar-refractivity contribution in [2.75, 3.05) is 0 Å². The number of hydrogen-bond acceptors (Lipinski definition) is 1. The second-order valence-corrected chi connectivity index (χ2v) is 5.09. The van der Waals surface area contributed by atoms with Gasteiger partial charge in [0.15, 0.2) is 0 Å². The van der Waals surface area contributed by atoms with Crippen molar-refractivity contribution in [3.05, 3.63) is 29.6 Å². The first-order chi connectivity index (χ1) is 7.72. The Bertz CT molecular complexity index is 281. The molecule has 16 heavy (non-hydrogen) atoms. The monoisotopic (exact) mass is 239 g/mol. The van der Waals surface area contributed by atoms with E-state index in [0.717, 1.165) is 18.5 Å². The van der Waals surface area contributed by atoms with Gasteiger partial charge in [-0.1, -0.05) is 38.7 Å². The van der Waals surface area contributed by atoms with Crippen LogP contribution in [0.5, 0.6) is 0 Å². The summed E-state index contributed by atoms with van der Waals surface area (Å²) in [7, 11) is 0. The Balaban J connectivity index is 2.23. The predicted octanol–water partition coefficient (Wildman–Crippen LogP) is 4.51. The summed E-state index contributed by atoms with van der Waals surface area (Å²) in [6, 6.07) is 4.18. The van der Waals surface area contributed by atoms with Crippen LogP contribution < -0.4 is 0 Å². The molecule has 0 amide bonds. The summed E-state index contributed by atoms with van der Waals surface area (Å²) in [6.45, 7) is 4.29. The van der Waals surface area contributed by atoms with Crippen molar-refractivity contribution < 1.29 is 0 Å². The number of rotatable bonds is 7. The van der Waals surface area contributed by atoms with Gasteiger partial charge in [-0.15, -0.1) is 11.6 Å². The van der Waals surface area contributed by atoms with E-state index in [0.29, 0.717) is 0 Å². The summed E-state index contributed by atoms with van der Waals surface area (Å²) in [4.78, 5) is 4.38. The zero-order valence-corrected chi connectivity index (χ0v) is 11.1. The number of nitrogens with zero attached hydrogens (tertiary/aromatic N) is 1. The van der Waals surface area contributed by atoms with Gasteiger partial charge in [0.2, 0.25) is 0 Å². The van der Waals surface area contributed by atoms with Crippen molar-refractivity contribution in [3.8, 4) is 0 Å². The van der Waals surface area contributed by atoms with E-state index in [2.05, 4.69) is 31.0 Å². The molecule has 1 nitrogen and oxygen atoms in total. The number of aryl methyl sites for hydroxylation is 1. The SMILES string of the molecule is CCCCCCC(Cl)Cc1ccc(C)cn1. The molecule has 0 aromatic carbocycles. The van der Waals surface area contributed by atoms with Crippen LogP contribution in [0.3, 0.4) is 0 Å². The van der Waals surface area contributed by atoms with Crippen LogP contribution in [0.15, 0.2) is 18.3 Å². The molecule has 1 rings (SSSR count). The molecule has 2 heteroatoms. The molecule has 0 spiro atoms. The summed E-state index contributed by atoms with van der Waals surface area (Å²) >= 11 is 6.29. The Morgan fingerprint density at radius 1 is 1.25 bits per heavy atom. The zero-order chi connectivity index (χ0) is 11.8. The van der Waals surface area contributed by atoms with Crippen LogP contribution in [-0.2, 0) is 6.42 Å². The molecule has 0 N–H and O–H groups in total. The van der Waals surface area contributed by atoms with Crippen molar-refractivity contribution in [3.63, 3.8) is 0 Å². The summed E-state index contributed by atoms with van der Waals surface area (Å²) in [5, 5.41) is 0.243. The van der Waals surface area contributed by atoms with Gasteiger partial charge in [-0.05, 0) is 25.0 Å². The van der Waals surface area contributed by atoms with Gasteiger partial charge in [0.1, 0.15) is 0 Å². The van der Waals surface area contributed by atoms with Crippen LogP contribution >= 0.6 is 11.6 Å². The molecule has 0 aliphatic carbocycles. The van der Waals surface area contributed by atoms with Crippen LogP contribution in [0.25, 0.3) is 0 Å². The number of aromatic nitrogens is 1.